The average molecular weight is 313 g/mol. The molecule has 8 nitrogen and oxygen atoms in total. The van der Waals surface area contributed by atoms with Gasteiger partial charge in [-0.25, -0.2) is 4.79 Å². The number of aliphatic carboxylic acids is 1. The standard InChI is InChI=1S/C12H19N5O3S/c1-2-16-8-14-15-10(16)6-13-12(20)17-3-4-21-7-9(17)5-11(18)19/h8-9H,2-7H2,1H3,(H,13,20)(H,18,19). The molecule has 0 saturated carbocycles. The van der Waals surface area contributed by atoms with E-state index < -0.39 is 5.97 Å². The number of aryl methyl sites for hydroxylation is 1. The van der Waals surface area contributed by atoms with Gasteiger partial charge >= 0.3 is 12.0 Å². The SMILES string of the molecule is CCn1cnnc1CNC(=O)N1CCSCC1CC(=O)O. The summed E-state index contributed by atoms with van der Waals surface area (Å²) >= 11 is 1.68. The van der Waals surface area contributed by atoms with Crippen molar-refractivity contribution < 1.29 is 14.7 Å². The van der Waals surface area contributed by atoms with E-state index in [4.69, 9.17) is 5.11 Å². The number of carboxylic acids is 1. The Morgan fingerprint density at radius 3 is 3.10 bits per heavy atom. The summed E-state index contributed by atoms with van der Waals surface area (Å²) in [5, 5.41) is 19.5. The van der Waals surface area contributed by atoms with Gasteiger partial charge in [0.1, 0.15) is 6.33 Å². The first-order chi connectivity index (χ1) is 10.1. The molecule has 0 aliphatic carbocycles. The van der Waals surface area contributed by atoms with Gasteiger partial charge < -0.3 is 19.9 Å². The van der Waals surface area contributed by atoms with Crippen molar-refractivity contribution in [3.05, 3.63) is 12.2 Å². The number of urea groups is 1. The number of nitrogens with one attached hydrogen (secondary N) is 1. The Morgan fingerprint density at radius 1 is 1.57 bits per heavy atom. The zero-order valence-electron chi connectivity index (χ0n) is 11.9. The molecule has 1 atom stereocenters. The molecule has 2 rings (SSSR count). The van der Waals surface area contributed by atoms with Crippen molar-refractivity contribution >= 4 is 23.8 Å². The summed E-state index contributed by atoms with van der Waals surface area (Å²) < 4.78 is 1.85. The topological polar surface area (TPSA) is 100 Å². The number of thioether (sulfide) groups is 1. The predicted octanol–water partition coefficient (Wildman–Crippen LogP) is 0.400. The lowest BCUT2D eigenvalue weighted by molar-refractivity contribution is -0.138. The molecule has 1 aliphatic heterocycles. The van der Waals surface area contributed by atoms with Crippen LogP contribution < -0.4 is 5.32 Å². The number of hydrogen-bond acceptors (Lipinski definition) is 5. The molecule has 0 aromatic carbocycles. The number of amides is 2. The third-order valence-corrected chi connectivity index (χ3v) is 4.42. The molecular formula is C12H19N5O3S. The minimum atomic E-state index is -0.883. The highest BCUT2D eigenvalue weighted by Gasteiger charge is 2.28. The van der Waals surface area contributed by atoms with Crippen LogP contribution >= 0.6 is 11.8 Å². The number of hydrogen-bond donors (Lipinski definition) is 2. The molecule has 116 valence electrons. The zero-order valence-corrected chi connectivity index (χ0v) is 12.7. The number of carbonyl (C=O) groups excluding carboxylic acids is 1. The van der Waals surface area contributed by atoms with Gasteiger partial charge in [0, 0.05) is 24.6 Å². The Labute approximate surface area is 126 Å². The monoisotopic (exact) mass is 313 g/mol. The summed E-state index contributed by atoms with van der Waals surface area (Å²) in [6, 6.07) is -0.502. The second kappa shape index (κ2) is 7.30. The quantitative estimate of drug-likeness (QED) is 0.816. The van der Waals surface area contributed by atoms with Gasteiger partial charge in [-0.15, -0.1) is 10.2 Å². The molecule has 0 bridgehead atoms. The van der Waals surface area contributed by atoms with Crippen LogP contribution in [-0.4, -0.2) is 60.9 Å². The van der Waals surface area contributed by atoms with Crippen LogP contribution in [0, 0.1) is 0 Å². The van der Waals surface area contributed by atoms with Gasteiger partial charge in [-0.1, -0.05) is 0 Å². The largest absolute Gasteiger partial charge is 0.481 e. The molecule has 1 aromatic heterocycles. The molecule has 1 unspecified atom stereocenters. The summed E-state index contributed by atoms with van der Waals surface area (Å²) in [4.78, 5) is 24.7. The summed E-state index contributed by atoms with van der Waals surface area (Å²) in [5.41, 5.74) is 0. The Balaban J connectivity index is 1.93. The highest BCUT2D eigenvalue weighted by molar-refractivity contribution is 7.99. The molecule has 0 spiro atoms. The summed E-state index contributed by atoms with van der Waals surface area (Å²) in [6.45, 7) is 3.56. The molecule has 0 radical (unpaired) electrons. The van der Waals surface area contributed by atoms with Gasteiger partial charge in [-0.2, -0.15) is 11.8 Å². The Morgan fingerprint density at radius 2 is 2.38 bits per heavy atom. The smallest absolute Gasteiger partial charge is 0.318 e. The lowest BCUT2D eigenvalue weighted by Crippen LogP contribution is -2.51. The van der Waals surface area contributed by atoms with Gasteiger partial charge in [0.05, 0.1) is 19.0 Å². The Hall–Kier alpha value is -1.77. The zero-order chi connectivity index (χ0) is 15.2. The average Bonchev–Trinajstić information content (AvgIpc) is 2.92. The number of rotatable bonds is 5. The van der Waals surface area contributed by atoms with Crippen LogP contribution in [0.15, 0.2) is 6.33 Å². The highest BCUT2D eigenvalue weighted by atomic mass is 32.2. The van der Waals surface area contributed by atoms with E-state index in [9.17, 15) is 9.59 Å². The molecular weight excluding hydrogens is 294 g/mol. The van der Waals surface area contributed by atoms with Crippen molar-refractivity contribution in [3.8, 4) is 0 Å². The molecule has 2 heterocycles. The molecule has 1 saturated heterocycles. The van der Waals surface area contributed by atoms with Crippen molar-refractivity contribution in [3.63, 3.8) is 0 Å². The van der Waals surface area contributed by atoms with Crippen LogP contribution in [0.1, 0.15) is 19.2 Å². The fraction of sp³-hybridized carbons (Fsp3) is 0.667. The first-order valence-electron chi connectivity index (χ1n) is 6.82. The molecule has 1 aliphatic rings. The second-order valence-corrected chi connectivity index (χ2v) is 5.86. The number of carboxylic acid groups (broad SMARTS) is 1. The summed E-state index contributed by atoms with van der Waals surface area (Å²) in [6.07, 6.45) is 1.60. The normalized spacial score (nSPS) is 18.5. The van der Waals surface area contributed by atoms with E-state index in [-0.39, 0.29) is 25.0 Å². The summed E-state index contributed by atoms with van der Waals surface area (Å²) in [7, 11) is 0. The molecule has 21 heavy (non-hydrogen) atoms. The highest BCUT2D eigenvalue weighted by Crippen LogP contribution is 2.19. The fourth-order valence-corrected chi connectivity index (χ4v) is 3.29. The molecule has 1 aromatic rings. The Kier molecular flexibility index (Phi) is 5.43. The van der Waals surface area contributed by atoms with Crippen molar-refractivity contribution in [2.75, 3.05) is 18.1 Å². The number of nitrogens with zero attached hydrogens (tertiary/aromatic N) is 4. The maximum absolute atomic E-state index is 12.2. The molecule has 2 amide bonds. The van der Waals surface area contributed by atoms with E-state index in [0.717, 1.165) is 12.3 Å². The first kappa shape index (κ1) is 15.6. The van der Waals surface area contributed by atoms with Crippen LogP contribution in [0.3, 0.4) is 0 Å². The Bertz CT molecular complexity index is 507. The van der Waals surface area contributed by atoms with Gasteiger partial charge in [-0.3, -0.25) is 4.79 Å². The van der Waals surface area contributed by atoms with Crippen molar-refractivity contribution in [1.82, 2.24) is 25.0 Å². The second-order valence-electron chi connectivity index (χ2n) is 4.71. The number of carbonyl (C=O) groups is 2. The van der Waals surface area contributed by atoms with E-state index >= 15 is 0 Å². The summed E-state index contributed by atoms with van der Waals surface area (Å²) in [5.74, 6) is 1.29. The van der Waals surface area contributed by atoms with E-state index in [2.05, 4.69) is 15.5 Å². The lowest BCUT2D eigenvalue weighted by atomic mass is 10.2. The van der Waals surface area contributed by atoms with Crippen LogP contribution in [0.2, 0.25) is 0 Å². The molecule has 9 heteroatoms. The van der Waals surface area contributed by atoms with E-state index in [0.29, 0.717) is 18.1 Å². The van der Waals surface area contributed by atoms with Gasteiger partial charge in [-0.05, 0) is 6.92 Å². The van der Waals surface area contributed by atoms with Crippen LogP contribution in [-0.2, 0) is 17.9 Å². The molecule has 1 fully saturated rings. The molecule has 2 N–H and O–H groups in total. The fourth-order valence-electron chi connectivity index (χ4n) is 2.23. The van der Waals surface area contributed by atoms with Gasteiger partial charge in [0.15, 0.2) is 5.82 Å². The minimum absolute atomic E-state index is 0.0223. The third-order valence-electron chi connectivity index (χ3n) is 3.33. The minimum Gasteiger partial charge on any atom is -0.481 e. The van der Waals surface area contributed by atoms with Crippen molar-refractivity contribution in [2.45, 2.75) is 32.5 Å². The first-order valence-corrected chi connectivity index (χ1v) is 7.98. The third kappa shape index (κ3) is 4.10. The van der Waals surface area contributed by atoms with Gasteiger partial charge in [0.2, 0.25) is 0 Å². The lowest BCUT2D eigenvalue weighted by Gasteiger charge is -2.34. The van der Waals surface area contributed by atoms with Crippen molar-refractivity contribution in [2.24, 2.45) is 0 Å². The van der Waals surface area contributed by atoms with E-state index in [1.165, 1.54) is 0 Å². The van der Waals surface area contributed by atoms with Crippen LogP contribution in [0.25, 0.3) is 0 Å². The predicted molar refractivity (Wildman–Crippen MR) is 78.0 cm³/mol. The van der Waals surface area contributed by atoms with Crippen LogP contribution in [0.5, 0.6) is 0 Å². The van der Waals surface area contributed by atoms with E-state index in [1.54, 1.807) is 23.0 Å². The van der Waals surface area contributed by atoms with Crippen molar-refractivity contribution in [1.29, 1.82) is 0 Å². The van der Waals surface area contributed by atoms with Crippen LogP contribution in [0.4, 0.5) is 4.79 Å². The van der Waals surface area contributed by atoms with E-state index in [1.807, 2.05) is 11.5 Å². The maximum Gasteiger partial charge on any atom is 0.318 e. The number of aromatic nitrogens is 3. The van der Waals surface area contributed by atoms with Gasteiger partial charge in [0.25, 0.3) is 0 Å². The maximum atomic E-state index is 12.2.